The monoisotopic (exact) mass is 284 g/mol. The number of carbonyl (C=O) groups is 1. The Hall–Kier alpha value is -1.52. The Morgan fingerprint density at radius 3 is 2.72 bits per heavy atom. The molecule has 1 unspecified atom stereocenters. The smallest absolute Gasteiger partial charge is 0.356 e. The number of nitrogens with zero attached hydrogens (tertiary/aromatic N) is 2. The normalized spacial score (nSPS) is 12.4. The van der Waals surface area contributed by atoms with Crippen LogP contribution in [-0.4, -0.2) is 20.6 Å². The molecule has 1 atom stereocenters. The van der Waals surface area contributed by atoms with Crippen LogP contribution in [0, 0.1) is 0 Å². The maximum absolute atomic E-state index is 10.8. The number of hydrogen-bond acceptors (Lipinski definition) is 2. The first-order chi connectivity index (χ1) is 8.49. The lowest BCUT2D eigenvalue weighted by Gasteiger charge is -2.15. The van der Waals surface area contributed by atoms with Crippen molar-refractivity contribution in [3.8, 4) is 0 Å². The summed E-state index contributed by atoms with van der Waals surface area (Å²) in [5, 5.41) is 9.93. The molecule has 0 aliphatic heterocycles. The highest BCUT2D eigenvalue weighted by atomic mass is 35.5. The van der Waals surface area contributed by atoms with Crippen LogP contribution in [0.5, 0.6) is 0 Å². The molecule has 1 aromatic carbocycles. The Balaban J connectivity index is 2.35. The number of carboxylic acids is 1. The van der Waals surface area contributed by atoms with Crippen LogP contribution in [0.4, 0.5) is 0 Å². The Labute approximate surface area is 114 Å². The number of aromatic nitrogens is 2. The van der Waals surface area contributed by atoms with Gasteiger partial charge in [-0.15, -0.1) is 0 Å². The van der Waals surface area contributed by atoms with Crippen LogP contribution in [0.3, 0.4) is 0 Å². The summed E-state index contributed by atoms with van der Waals surface area (Å²) < 4.78 is 1.69. The van der Waals surface area contributed by atoms with Crippen molar-refractivity contribution >= 4 is 29.2 Å². The summed E-state index contributed by atoms with van der Waals surface area (Å²) in [5.74, 6) is -1.05. The first-order valence-corrected chi connectivity index (χ1v) is 5.96. The quantitative estimate of drug-likeness (QED) is 0.939. The summed E-state index contributed by atoms with van der Waals surface area (Å²) in [6.45, 7) is 1.91. The van der Waals surface area contributed by atoms with E-state index in [4.69, 9.17) is 28.3 Å². The zero-order valence-corrected chi connectivity index (χ0v) is 11.0. The molecule has 2 rings (SSSR count). The third-order valence-electron chi connectivity index (χ3n) is 2.68. The van der Waals surface area contributed by atoms with Crippen molar-refractivity contribution < 1.29 is 9.90 Å². The molecular weight excluding hydrogens is 275 g/mol. The lowest BCUT2D eigenvalue weighted by atomic mass is 10.1. The van der Waals surface area contributed by atoms with E-state index in [0.717, 1.165) is 5.56 Å². The van der Waals surface area contributed by atoms with E-state index in [0.29, 0.717) is 10.0 Å². The Morgan fingerprint density at radius 1 is 1.44 bits per heavy atom. The van der Waals surface area contributed by atoms with Crippen molar-refractivity contribution in [2.24, 2.45) is 0 Å². The fourth-order valence-electron chi connectivity index (χ4n) is 1.66. The van der Waals surface area contributed by atoms with Gasteiger partial charge < -0.3 is 9.67 Å². The number of benzene rings is 1. The number of aromatic carboxylic acids is 1. The average molecular weight is 285 g/mol. The van der Waals surface area contributed by atoms with Crippen molar-refractivity contribution in [1.82, 2.24) is 9.55 Å². The topological polar surface area (TPSA) is 55.1 Å². The number of rotatable bonds is 3. The standard InChI is InChI=1S/C12H10Cl2N2O2/c1-7(9-3-2-8(13)4-10(9)14)16-5-11(12(17)18)15-6-16/h2-7H,1H3,(H,17,18). The van der Waals surface area contributed by atoms with E-state index in [2.05, 4.69) is 4.98 Å². The molecule has 1 N–H and O–H groups in total. The van der Waals surface area contributed by atoms with Crippen LogP contribution in [0.2, 0.25) is 10.0 Å². The largest absolute Gasteiger partial charge is 0.476 e. The highest BCUT2D eigenvalue weighted by Crippen LogP contribution is 2.28. The number of halogens is 2. The number of carboxylic acid groups (broad SMARTS) is 1. The molecule has 94 valence electrons. The molecule has 0 aliphatic carbocycles. The van der Waals surface area contributed by atoms with Gasteiger partial charge in [-0.25, -0.2) is 9.78 Å². The highest BCUT2D eigenvalue weighted by Gasteiger charge is 2.14. The summed E-state index contributed by atoms with van der Waals surface area (Å²) in [5.41, 5.74) is 0.863. The van der Waals surface area contributed by atoms with E-state index in [1.165, 1.54) is 12.5 Å². The summed E-state index contributed by atoms with van der Waals surface area (Å²) in [4.78, 5) is 14.6. The van der Waals surface area contributed by atoms with Crippen LogP contribution in [-0.2, 0) is 0 Å². The lowest BCUT2D eigenvalue weighted by Crippen LogP contribution is -2.05. The molecule has 4 nitrogen and oxygen atoms in total. The minimum atomic E-state index is -1.05. The number of imidazole rings is 1. The minimum absolute atomic E-state index is 0.00642. The van der Waals surface area contributed by atoms with Crippen LogP contribution in [0.1, 0.15) is 29.0 Å². The van der Waals surface area contributed by atoms with Gasteiger partial charge in [0.05, 0.1) is 12.4 Å². The van der Waals surface area contributed by atoms with Gasteiger partial charge in [0, 0.05) is 16.2 Å². The lowest BCUT2D eigenvalue weighted by molar-refractivity contribution is 0.0691. The van der Waals surface area contributed by atoms with E-state index in [-0.39, 0.29) is 11.7 Å². The molecule has 0 saturated heterocycles. The number of hydrogen-bond donors (Lipinski definition) is 1. The van der Waals surface area contributed by atoms with E-state index in [1.54, 1.807) is 16.7 Å². The van der Waals surface area contributed by atoms with Crippen LogP contribution in [0.15, 0.2) is 30.7 Å². The van der Waals surface area contributed by atoms with Gasteiger partial charge in [0.15, 0.2) is 5.69 Å². The molecule has 0 fully saturated rings. The van der Waals surface area contributed by atoms with Crippen molar-refractivity contribution in [2.45, 2.75) is 13.0 Å². The van der Waals surface area contributed by atoms with Gasteiger partial charge in [-0.1, -0.05) is 29.3 Å². The molecule has 0 amide bonds. The predicted molar refractivity (Wildman–Crippen MR) is 69.5 cm³/mol. The third kappa shape index (κ3) is 2.49. The SMILES string of the molecule is CC(c1ccc(Cl)cc1Cl)n1cnc(C(=O)O)c1. The summed E-state index contributed by atoms with van der Waals surface area (Å²) in [6.07, 6.45) is 2.94. The van der Waals surface area contributed by atoms with E-state index >= 15 is 0 Å². The van der Waals surface area contributed by atoms with Crippen molar-refractivity contribution in [3.63, 3.8) is 0 Å². The minimum Gasteiger partial charge on any atom is -0.476 e. The molecule has 0 radical (unpaired) electrons. The molecule has 0 saturated carbocycles. The highest BCUT2D eigenvalue weighted by molar-refractivity contribution is 6.35. The summed E-state index contributed by atoms with van der Waals surface area (Å²) >= 11 is 11.9. The van der Waals surface area contributed by atoms with Crippen LogP contribution < -0.4 is 0 Å². The molecule has 0 bridgehead atoms. The van der Waals surface area contributed by atoms with Gasteiger partial charge in [0.2, 0.25) is 0 Å². The van der Waals surface area contributed by atoms with Gasteiger partial charge >= 0.3 is 5.97 Å². The molecule has 1 heterocycles. The first-order valence-electron chi connectivity index (χ1n) is 5.20. The second kappa shape index (κ2) is 5.00. The fourth-order valence-corrected chi connectivity index (χ4v) is 2.23. The zero-order valence-electron chi connectivity index (χ0n) is 9.47. The second-order valence-electron chi connectivity index (χ2n) is 3.85. The van der Waals surface area contributed by atoms with E-state index in [9.17, 15) is 4.79 Å². The van der Waals surface area contributed by atoms with Crippen LogP contribution in [0.25, 0.3) is 0 Å². The van der Waals surface area contributed by atoms with Crippen molar-refractivity contribution in [1.29, 1.82) is 0 Å². The van der Waals surface area contributed by atoms with Gasteiger partial charge in [-0.05, 0) is 24.6 Å². The average Bonchev–Trinajstić information content (AvgIpc) is 2.77. The molecule has 0 spiro atoms. The molecule has 6 heteroatoms. The van der Waals surface area contributed by atoms with E-state index < -0.39 is 5.97 Å². The van der Waals surface area contributed by atoms with E-state index in [1.807, 2.05) is 13.0 Å². The molecular formula is C12H10Cl2N2O2. The van der Waals surface area contributed by atoms with Crippen molar-refractivity contribution in [2.75, 3.05) is 0 Å². The molecule has 2 aromatic rings. The predicted octanol–water partition coefficient (Wildman–Crippen LogP) is 3.50. The summed E-state index contributed by atoms with van der Waals surface area (Å²) in [6, 6.07) is 5.10. The Kier molecular flexibility index (Phi) is 3.59. The van der Waals surface area contributed by atoms with Crippen LogP contribution >= 0.6 is 23.2 Å². The maximum atomic E-state index is 10.8. The molecule has 18 heavy (non-hydrogen) atoms. The molecule has 0 aliphatic rings. The Morgan fingerprint density at radius 2 is 2.17 bits per heavy atom. The second-order valence-corrected chi connectivity index (χ2v) is 4.70. The fraction of sp³-hybridized carbons (Fsp3) is 0.167. The van der Waals surface area contributed by atoms with Gasteiger partial charge in [-0.3, -0.25) is 0 Å². The van der Waals surface area contributed by atoms with Crippen molar-refractivity contribution in [3.05, 3.63) is 52.0 Å². The van der Waals surface area contributed by atoms with Gasteiger partial charge in [0.1, 0.15) is 0 Å². The molecule has 1 aromatic heterocycles. The maximum Gasteiger partial charge on any atom is 0.356 e. The van der Waals surface area contributed by atoms with Gasteiger partial charge in [0.25, 0.3) is 0 Å². The van der Waals surface area contributed by atoms with Gasteiger partial charge in [-0.2, -0.15) is 0 Å². The summed E-state index contributed by atoms with van der Waals surface area (Å²) in [7, 11) is 0. The zero-order chi connectivity index (χ0) is 13.3. The third-order valence-corrected chi connectivity index (χ3v) is 3.24. The Bertz CT molecular complexity index is 596. The first kappa shape index (κ1) is 12.9.